The van der Waals surface area contributed by atoms with Gasteiger partial charge in [0.1, 0.15) is 11.5 Å². The van der Waals surface area contributed by atoms with Gasteiger partial charge in [-0.2, -0.15) is 0 Å². The van der Waals surface area contributed by atoms with E-state index in [1.165, 1.54) is 24.0 Å². The van der Waals surface area contributed by atoms with Crippen molar-refractivity contribution in [3.8, 4) is 0 Å². The van der Waals surface area contributed by atoms with Gasteiger partial charge < -0.3 is 9.73 Å². The van der Waals surface area contributed by atoms with Crippen LogP contribution >= 0.6 is 0 Å². The predicted octanol–water partition coefficient (Wildman–Crippen LogP) is 4.70. The Kier molecular flexibility index (Phi) is 3.66. The fourth-order valence-electron chi connectivity index (χ4n) is 3.03. The van der Waals surface area contributed by atoms with E-state index in [4.69, 9.17) is 4.42 Å². The van der Waals surface area contributed by atoms with Crippen LogP contribution in [0.15, 0.2) is 40.8 Å². The summed E-state index contributed by atoms with van der Waals surface area (Å²) >= 11 is 0. The number of nitrogens with one attached hydrogen (secondary N) is 1. The van der Waals surface area contributed by atoms with Crippen LogP contribution in [0.4, 0.5) is 0 Å². The molecule has 1 aliphatic carbocycles. The summed E-state index contributed by atoms with van der Waals surface area (Å²) in [5, 5.41) is 3.81. The highest BCUT2D eigenvalue weighted by molar-refractivity contribution is 5.26. The number of benzene rings is 1. The molecule has 2 aromatic rings. The lowest BCUT2D eigenvalue weighted by Gasteiger charge is -2.23. The second kappa shape index (κ2) is 5.45. The van der Waals surface area contributed by atoms with E-state index in [0.29, 0.717) is 12.1 Å². The van der Waals surface area contributed by atoms with E-state index in [2.05, 4.69) is 55.6 Å². The molecule has 1 aromatic heterocycles. The number of hydrogen-bond donors (Lipinski definition) is 1. The van der Waals surface area contributed by atoms with Crippen molar-refractivity contribution in [2.24, 2.45) is 5.92 Å². The van der Waals surface area contributed by atoms with E-state index < -0.39 is 0 Å². The summed E-state index contributed by atoms with van der Waals surface area (Å²) in [5.41, 5.74) is 2.68. The summed E-state index contributed by atoms with van der Waals surface area (Å²) in [6.45, 7) is 6.30. The molecule has 1 aromatic carbocycles. The third-order valence-electron chi connectivity index (χ3n) is 4.23. The van der Waals surface area contributed by atoms with E-state index in [9.17, 15) is 0 Å². The van der Waals surface area contributed by atoms with Crippen molar-refractivity contribution in [3.63, 3.8) is 0 Å². The Balaban J connectivity index is 1.79. The van der Waals surface area contributed by atoms with Crippen molar-refractivity contribution in [3.05, 3.63) is 59.0 Å². The molecule has 3 rings (SSSR count). The third kappa shape index (κ3) is 2.80. The smallest absolute Gasteiger partial charge is 0.105 e. The number of furan rings is 1. The molecule has 1 saturated carbocycles. The van der Waals surface area contributed by atoms with Gasteiger partial charge in [0.15, 0.2) is 0 Å². The number of rotatable bonds is 5. The van der Waals surface area contributed by atoms with Crippen LogP contribution in [0.3, 0.4) is 0 Å². The molecule has 0 spiro atoms. The van der Waals surface area contributed by atoms with Crippen LogP contribution in [0.25, 0.3) is 0 Å². The standard InChI is InChI=1S/C18H23NO/c1-12-11-17(14(3)20-12)13(2)19-18(16-9-10-16)15-7-5-4-6-8-15/h4-8,11,13,16,18-19H,9-10H2,1-3H3. The fourth-order valence-corrected chi connectivity index (χ4v) is 3.03. The second-order valence-corrected chi connectivity index (χ2v) is 5.98. The maximum atomic E-state index is 5.66. The highest BCUT2D eigenvalue weighted by Gasteiger charge is 2.33. The maximum Gasteiger partial charge on any atom is 0.105 e. The van der Waals surface area contributed by atoms with Gasteiger partial charge in [-0.25, -0.2) is 0 Å². The summed E-state index contributed by atoms with van der Waals surface area (Å²) in [5.74, 6) is 2.81. The molecule has 0 bridgehead atoms. The first-order valence-electron chi connectivity index (χ1n) is 7.53. The van der Waals surface area contributed by atoms with Gasteiger partial charge in [0, 0.05) is 17.6 Å². The van der Waals surface area contributed by atoms with Crippen molar-refractivity contribution in [2.45, 2.75) is 45.7 Å². The highest BCUT2D eigenvalue weighted by atomic mass is 16.3. The minimum atomic E-state index is 0.318. The van der Waals surface area contributed by atoms with Gasteiger partial charge in [0.05, 0.1) is 0 Å². The molecule has 2 unspecified atom stereocenters. The van der Waals surface area contributed by atoms with Crippen LogP contribution in [-0.2, 0) is 0 Å². The lowest BCUT2D eigenvalue weighted by Crippen LogP contribution is -2.26. The van der Waals surface area contributed by atoms with E-state index in [-0.39, 0.29) is 0 Å². The van der Waals surface area contributed by atoms with Gasteiger partial charge in [-0.1, -0.05) is 30.3 Å². The quantitative estimate of drug-likeness (QED) is 0.851. The lowest BCUT2D eigenvalue weighted by molar-refractivity contribution is 0.420. The summed E-state index contributed by atoms with van der Waals surface area (Å²) in [6, 6.07) is 13.7. The summed E-state index contributed by atoms with van der Waals surface area (Å²) < 4.78 is 5.66. The minimum Gasteiger partial charge on any atom is -0.466 e. The molecule has 2 nitrogen and oxygen atoms in total. The lowest BCUT2D eigenvalue weighted by atomic mass is 10.00. The Morgan fingerprint density at radius 1 is 1.15 bits per heavy atom. The molecule has 1 fully saturated rings. The molecule has 20 heavy (non-hydrogen) atoms. The van der Waals surface area contributed by atoms with Gasteiger partial charge in [0.2, 0.25) is 0 Å². The van der Waals surface area contributed by atoms with Crippen LogP contribution in [0.1, 0.15) is 54.5 Å². The first-order valence-corrected chi connectivity index (χ1v) is 7.53. The SMILES string of the molecule is Cc1cc(C(C)NC(c2ccccc2)C2CC2)c(C)o1. The van der Waals surface area contributed by atoms with E-state index >= 15 is 0 Å². The zero-order valence-corrected chi connectivity index (χ0v) is 12.5. The van der Waals surface area contributed by atoms with Gasteiger partial charge in [0.25, 0.3) is 0 Å². The fraction of sp³-hybridized carbons (Fsp3) is 0.444. The molecule has 0 amide bonds. The molecular formula is C18H23NO. The maximum absolute atomic E-state index is 5.66. The van der Waals surface area contributed by atoms with Crippen molar-refractivity contribution >= 4 is 0 Å². The van der Waals surface area contributed by atoms with Crippen molar-refractivity contribution < 1.29 is 4.42 Å². The molecule has 0 aliphatic heterocycles. The topological polar surface area (TPSA) is 25.2 Å². The molecule has 106 valence electrons. The van der Waals surface area contributed by atoms with Crippen LogP contribution < -0.4 is 5.32 Å². The first kappa shape index (κ1) is 13.4. The minimum absolute atomic E-state index is 0.318. The normalized spacial score (nSPS) is 17.9. The molecule has 2 atom stereocenters. The van der Waals surface area contributed by atoms with Crippen LogP contribution in [0.5, 0.6) is 0 Å². The molecular weight excluding hydrogens is 246 g/mol. The van der Waals surface area contributed by atoms with Crippen LogP contribution in [-0.4, -0.2) is 0 Å². The average Bonchev–Trinajstić information content (AvgIpc) is 3.22. The molecule has 0 radical (unpaired) electrons. The Hall–Kier alpha value is -1.54. The van der Waals surface area contributed by atoms with E-state index in [0.717, 1.165) is 17.4 Å². The monoisotopic (exact) mass is 269 g/mol. The predicted molar refractivity (Wildman–Crippen MR) is 81.6 cm³/mol. The largest absolute Gasteiger partial charge is 0.466 e. The Labute approximate surface area is 121 Å². The Morgan fingerprint density at radius 3 is 2.40 bits per heavy atom. The summed E-state index contributed by atoms with van der Waals surface area (Å²) in [6.07, 6.45) is 2.67. The van der Waals surface area contributed by atoms with Crippen LogP contribution in [0, 0.1) is 19.8 Å². The third-order valence-corrected chi connectivity index (χ3v) is 4.23. The van der Waals surface area contributed by atoms with Gasteiger partial charge in [-0.05, 0) is 51.2 Å². The highest BCUT2D eigenvalue weighted by Crippen LogP contribution is 2.42. The first-order chi connectivity index (χ1) is 9.65. The van der Waals surface area contributed by atoms with Gasteiger partial charge in [-0.3, -0.25) is 0 Å². The summed E-state index contributed by atoms with van der Waals surface area (Å²) in [4.78, 5) is 0. The van der Waals surface area contributed by atoms with Crippen molar-refractivity contribution in [1.82, 2.24) is 5.32 Å². The van der Waals surface area contributed by atoms with E-state index in [1.54, 1.807) is 0 Å². The van der Waals surface area contributed by atoms with E-state index in [1.807, 2.05) is 6.92 Å². The zero-order chi connectivity index (χ0) is 14.1. The van der Waals surface area contributed by atoms with Crippen molar-refractivity contribution in [1.29, 1.82) is 0 Å². The van der Waals surface area contributed by atoms with Crippen molar-refractivity contribution in [2.75, 3.05) is 0 Å². The Bertz CT molecular complexity index is 568. The number of aryl methyl sites for hydroxylation is 2. The molecule has 1 heterocycles. The van der Waals surface area contributed by atoms with Gasteiger partial charge in [-0.15, -0.1) is 0 Å². The van der Waals surface area contributed by atoms with Gasteiger partial charge >= 0.3 is 0 Å². The molecule has 0 saturated heterocycles. The second-order valence-electron chi connectivity index (χ2n) is 5.98. The average molecular weight is 269 g/mol. The number of hydrogen-bond acceptors (Lipinski definition) is 2. The summed E-state index contributed by atoms with van der Waals surface area (Å²) in [7, 11) is 0. The van der Waals surface area contributed by atoms with Crippen LogP contribution in [0.2, 0.25) is 0 Å². The zero-order valence-electron chi connectivity index (χ0n) is 12.5. The Morgan fingerprint density at radius 2 is 1.85 bits per heavy atom. The molecule has 1 N–H and O–H groups in total. The molecule has 1 aliphatic rings. The molecule has 2 heteroatoms.